The maximum Gasteiger partial charge on any atom is 0.0924 e. The monoisotopic (exact) mass is 299 g/mol. The summed E-state index contributed by atoms with van der Waals surface area (Å²) >= 11 is 0. The fourth-order valence-corrected chi connectivity index (χ4v) is 2.44. The Kier molecular flexibility index (Phi) is 3.37. The molecule has 0 amide bonds. The van der Waals surface area contributed by atoms with Gasteiger partial charge in [-0.3, -0.25) is 9.97 Å². The van der Waals surface area contributed by atoms with E-state index in [1.54, 1.807) is 31.1 Å². The average molecular weight is 299 g/mol. The van der Waals surface area contributed by atoms with Gasteiger partial charge in [0.1, 0.15) is 0 Å². The van der Waals surface area contributed by atoms with Crippen LogP contribution in [0.2, 0.25) is 0 Å². The van der Waals surface area contributed by atoms with Gasteiger partial charge in [0, 0.05) is 41.5 Å². The number of rotatable bonds is 3. The van der Waals surface area contributed by atoms with Gasteiger partial charge < -0.3 is 4.98 Å². The van der Waals surface area contributed by atoms with E-state index in [9.17, 15) is 0 Å². The maximum atomic E-state index is 4.79. The minimum absolute atomic E-state index is 0.895. The van der Waals surface area contributed by atoms with Crippen LogP contribution in [-0.2, 0) is 0 Å². The number of H-pyrrole nitrogens is 1. The summed E-state index contributed by atoms with van der Waals surface area (Å²) in [5.74, 6) is 0. The summed E-state index contributed by atoms with van der Waals surface area (Å²) in [5.41, 5.74) is 5.83. The van der Waals surface area contributed by atoms with E-state index in [0.29, 0.717) is 0 Å². The molecule has 0 aromatic carbocycles. The largest absolute Gasteiger partial charge is 0.345 e. The van der Waals surface area contributed by atoms with E-state index in [4.69, 9.17) is 4.98 Å². The lowest BCUT2D eigenvalue weighted by molar-refractivity contribution is 1.27. The highest BCUT2D eigenvalue weighted by Gasteiger charge is 2.09. The van der Waals surface area contributed by atoms with Crippen LogP contribution in [0.15, 0.2) is 73.7 Å². The van der Waals surface area contributed by atoms with Crippen molar-refractivity contribution < 1.29 is 0 Å². The van der Waals surface area contributed by atoms with Crippen molar-refractivity contribution in [2.24, 2.45) is 0 Å². The SMILES string of the molecule is c1cc(-c2cc(-c3cnc[nH]3)cc(-c3ccncc3)n2)ccn1. The minimum Gasteiger partial charge on any atom is -0.345 e. The second-order valence-corrected chi connectivity index (χ2v) is 5.06. The number of hydrogen-bond acceptors (Lipinski definition) is 4. The predicted octanol–water partition coefficient (Wildman–Crippen LogP) is 3.60. The standard InChI is InChI=1S/C18H13N5/c1-5-19-6-2-13(1)16-9-15(18-11-21-12-22-18)10-17(23-16)14-3-7-20-8-4-14/h1-12H,(H,21,22). The number of hydrogen-bond donors (Lipinski definition) is 1. The van der Waals surface area contributed by atoms with Crippen molar-refractivity contribution in [2.75, 3.05) is 0 Å². The Morgan fingerprint density at radius 2 is 1.22 bits per heavy atom. The van der Waals surface area contributed by atoms with Crippen LogP contribution in [0.4, 0.5) is 0 Å². The lowest BCUT2D eigenvalue weighted by Crippen LogP contribution is -1.91. The van der Waals surface area contributed by atoms with E-state index in [2.05, 4.69) is 19.9 Å². The van der Waals surface area contributed by atoms with Gasteiger partial charge in [-0.15, -0.1) is 0 Å². The summed E-state index contributed by atoms with van der Waals surface area (Å²) in [6.45, 7) is 0. The van der Waals surface area contributed by atoms with E-state index in [0.717, 1.165) is 33.8 Å². The lowest BCUT2D eigenvalue weighted by atomic mass is 10.0. The molecule has 4 aromatic heterocycles. The molecule has 0 unspecified atom stereocenters. The van der Waals surface area contributed by atoms with Gasteiger partial charge in [0.15, 0.2) is 0 Å². The van der Waals surface area contributed by atoms with Gasteiger partial charge in [-0.2, -0.15) is 0 Å². The van der Waals surface area contributed by atoms with Crippen LogP contribution in [0, 0.1) is 0 Å². The third kappa shape index (κ3) is 2.72. The Labute approximate surface area is 133 Å². The highest BCUT2D eigenvalue weighted by molar-refractivity contribution is 5.74. The summed E-state index contributed by atoms with van der Waals surface area (Å²) in [5, 5.41) is 0. The molecule has 1 N–H and O–H groups in total. The lowest BCUT2D eigenvalue weighted by Gasteiger charge is -2.08. The van der Waals surface area contributed by atoms with Crippen molar-refractivity contribution >= 4 is 0 Å². The highest BCUT2D eigenvalue weighted by atomic mass is 14.9. The average Bonchev–Trinajstić information content (AvgIpc) is 3.18. The molecule has 0 saturated heterocycles. The number of imidazole rings is 1. The summed E-state index contributed by atoms with van der Waals surface area (Å²) in [7, 11) is 0. The molecular weight excluding hydrogens is 286 g/mol. The molecule has 0 aliphatic carbocycles. The van der Waals surface area contributed by atoms with Crippen molar-refractivity contribution in [1.82, 2.24) is 24.9 Å². The first-order chi connectivity index (χ1) is 11.4. The number of aromatic nitrogens is 5. The van der Waals surface area contributed by atoms with Crippen LogP contribution in [0.5, 0.6) is 0 Å². The van der Waals surface area contributed by atoms with Crippen molar-refractivity contribution in [1.29, 1.82) is 0 Å². The molecule has 0 bridgehead atoms. The van der Waals surface area contributed by atoms with E-state index >= 15 is 0 Å². The molecule has 0 spiro atoms. The zero-order chi connectivity index (χ0) is 15.5. The molecular formula is C18H13N5. The van der Waals surface area contributed by atoms with Crippen LogP contribution < -0.4 is 0 Å². The Bertz CT molecular complexity index is 845. The van der Waals surface area contributed by atoms with E-state index in [1.807, 2.05) is 42.6 Å². The maximum absolute atomic E-state index is 4.79. The van der Waals surface area contributed by atoms with Crippen molar-refractivity contribution in [3.05, 3.63) is 73.7 Å². The fraction of sp³-hybridized carbons (Fsp3) is 0. The molecule has 4 aromatic rings. The summed E-state index contributed by atoms with van der Waals surface area (Å²) in [4.78, 5) is 20.2. The molecule has 110 valence electrons. The number of nitrogens with zero attached hydrogens (tertiary/aromatic N) is 4. The topological polar surface area (TPSA) is 67.3 Å². The second kappa shape index (κ2) is 5.81. The Hall–Kier alpha value is -3.34. The highest BCUT2D eigenvalue weighted by Crippen LogP contribution is 2.28. The van der Waals surface area contributed by atoms with Gasteiger partial charge in [-0.25, -0.2) is 9.97 Å². The van der Waals surface area contributed by atoms with E-state index in [-0.39, 0.29) is 0 Å². The molecule has 5 heteroatoms. The third-order valence-electron chi connectivity index (χ3n) is 3.59. The number of nitrogens with one attached hydrogen (secondary N) is 1. The van der Waals surface area contributed by atoms with Crippen molar-refractivity contribution in [3.63, 3.8) is 0 Å². The molecule has 4 heterocycles. The molecule has 0 radical (unpaired) electrons. The molecule has 23 heavy (non-hydrogen) atoms. The first kappa shape index (κ1) is 13.3. The van der Waals surface area contributed by atoms with E-state index < -0.39 is 0 Å². The molecule has 0 atom stereocenters. The minimum atomic E-state index is 0.895. The molecule has 0 saturated carbocycles. The normalized spacial score (nSPS) is 10.6. The van der Waals surface area contributed by atoms with Crippen LogP contribution in [0.25, 0.3) is 33.8 Å². The molecule has 5 nitrogen and oxygen atoms in total. The van der Waals surface area contributed by atoms with Gasteiger partial charge in [0.05, 0.1) is 29.6 Å². The van der Waals surface area contributed by atoms with Crippen LogP contribution in [-0.4, -0.2) is 24.9 Å². The molecule has 4 rings (SSSR count). The van der Waals surface area contributed by atoms with Gasteiger partial charge in [-0.05, 0) is 36.4 Å². The van der Waals surface area contributed by atoms with Crippen molar-refractivity contribution in [3.8, 4) is 33.8 Å². The van der Waals surface area contributed by atoms with Gasteiger partial charge in [0.2, 0.25) is 0 Å². The zero-order valence-electron chi connectivity index (χ0n) is 12.2. The summed E-state index contributed by atoms with van der Waals surface area (Å²) in [6.07, 6.45) is 10.6. The van der Waals surface area contributed by atoms with E-state index in [1.165, 1.54) is 0 Å². The van der Waals surface area contributed by atoms with Gasteiger partial charge in [-0.1, -0.05) is 0 Å². The molecule has 0 aliphatic rings. The smallest absolute Gasteiger partial charge is 0.0924 e. The Balaban J connectivity index is 1.91. The summed E-state index contributed by atoms with van der Waals surface area (Å²) in [6, 6.07) is 11.9. The van der Waals surface area contributed by atoms with Gasteiger partial charge >= 0.3 is 0 Å². The summed E-state index contributed by atoms with van der Waals surface area (Å²) < 4.78 is 0. The van der Waals surface area contributed by atoms with Gasteiger partial charge in [0.25, 0.3) is 0 Å². The second-order valence-electron chi connectivity index (χ2n) is 5.06. The fourth-order valence-electron chi connectivity index (χ4n) is 2.44. The number of aromatic amines is 1. The van der Waals surface area contributed by atoms with Crippen LogP contribution in [0.1, 0.15) is 0 Å². The zero-order valence-corrected chi connectivity index (χ0v) is 12.2. The van der Waals surface area contributed by atoms with Crippen LogP contribution >= 0.6 is 0 Å². The number of pyridine rings is 3. The Morgan fingerprint density at radius 3 is 1.70 bits per heavy atom. The first-order valence-electron chi connectivity index (χ1n) is 7.22. The Morgan fingerprint density at radius 1 is 0.652 bits per heavy atom. The quantitative estimate of drug-likeness (QED) is 0.627. The molecule has 0 aliphatic heterocycles. The first-order valence-corrected chi connectivity index (χ1v) is 7.22. The van der Waals surface area contributed by atoms with Crippen molar-refractivity contribution in [2.45, 2.75) is 0 Å². The molecule has 0 fully saturated rings. The predicted molar refractivity (Wildman–Crippen MR) is 88.3 cm³/mol. The van der Waals surface area contributed by atoms with Crippen LogP contribution in [0.3, 0.4) is 0 Å². The third-order valence-corrected chi connectivity index (χ3v) is 3.59.